The predicted molar refractivity (Wildman–Crippen MR) is 63.7 cm³/mol. The van der Waals surface area contributed by atoms with Crippen LogP contribution in [-0.2, 0) is 11.2 Å². The first-order valence-corrected chi connectivity index (χ1v) is 6.71. The second-order valence-corrected chi connectivity index (χ2v) is 5.59. The average Bonchev–Trinajstić information content (AvgIpc) is 2.18. The maximum absolute atomic E-state index is 11.4. The van der Waals surface area contributed by atoms with Crippen LogP contribution in [0.1, 0.15) is 0 Å². The maximum atomic E-state index is 11.4. The Kier molecular flexibility index (Phi) is 4.50. The molecule has 0 N–H and O–H groups in total. The van der Waals surface area contributed by atoms with Crippen molar-refractivity contribution >= 4 is 28.2 Å². The molecule has 0 fully saturated rings. The van der Waals surface area contributed by atoms with Gasteiger partial charge in [0.05, 0.1) is 0 Å². The second kappa shape index (κ2) is 5.44. The zero-order valence-electron chi connectivity index (χ0n) is 8.89. The molecule has 1 atom stereocenters. The van der Waals surface area contributed by atoms with Crippen molar-refractivity contribution < 1.29 is 9.35 Å². The fraction of sp³-hybridized carbons (Fsp3) is 0.300. The van der Waals surface area contributed by atoms with Gasteiger partial charge in [-0.2, -0.15) is 0 Å². The number of benzene rings is 1. The van der Waals surface area contributed by atoms with E-state index in [1.807, 2.05) is 12.1 Å². The number of hydrogen-bond acceptors (Lipinski definition) is 3. The molecule has 0 bridgehead atoms. The monoisotopic (exact) mass is 243 g/mol. The van der Waals surface area contributed by atoms with Gasteiger partial charge in [-0.05, 0) is 47.2 Å². The van der Waals surface area contributed by atoms with Crippen LogP contribution in [0.5, 0.6) is 0 Å². The van der Waals surface area contributed by atoms with Gasteiger partial charge in [0.25, 0.3) is 5.24 Å². The van der Waals surface area contributed by atoms with E-state index in [0.29, 0.717) is 0 Å². The van der Waals surface area contributed by atoms with E-state index in [9.17, 15) is 9.35 Å². The summed E-state index contributed by atoms with van der Waals surface area (Å²) in [6, 6.07) is 7.17. The van der Waals surface area contributed by atoms with Gasteiger partial charge in [0.15, 0.2) is 4.90 Å². The van der Waals surface area contributed by atoms with Crippen LogP contribution in [0.3, 0.4) is 0 Å². The molecule has 0 aliphatic rings. The third-order valence-electron chi connectivity index (χ3n) is 1.73. The van der Waals surface area contributed by atoms with E-state index in [4.69, 9.17) is 0 Å². The SMILES string of the molecule is CN(C)C(=O)Sc1ccc([S+](C)[O-])cc1. The molecule has 0 radical (unpaired) electrons. The summed E-state index contributed by atoms with van der Waals surface area (Å²) in [5.74, 6) is 0. The number of carbonyl (C=O) groups excluding carboxylic acids is 1. The lowest BCUT2D eigenvalue weighted by Crippen LogP contribution is -2.15. The summed E-state index contributed by atoms with van der Waals surface area (Å²) in [7, 11) is 3.43. The molecule has 15 heavy (non-hydrogen) atoms. The van der Waals surface area contributed by atoms with Crippen LogP contribution in [0.4, 0.5) is 4.79 Å². The van der Waals surface area contributed by atoms with Gasteiger partial charge in [-0.1, -0.05) is 0 Å². The lowest BCUT2D eigenvalue weighted by Gasteiger charge is -2.09. The Hall–Kier alpha value is -0.650. The fourth-order valence-corrected chi connectivity index (χ4v) is 2.07. The Morgan fingerprint density at radius 2 is 1.87 bits per heavy atom. The molecule has 0 heterocycles. The van der Waals surface area contributed by atoms with Crippen molar-refractivity contribution in [3.8, 4) is 0 Å². The Morgan fingerprint density at radius 1 is 1.33 bits per heavy atom. The molecule has 3 nitrogen and oxygen atoms in total. The summed E-state index contributed by atoms with van der Waals surface area (Å²) in [4.78, 5) is 14.5. The van der Waals surface area contributed by atoms with E-state index in [2.05, 4.69) is 0 Å². The first kappa shape index (κ1) is 12.4. The topological polar surface area (TPSA) is 43.4 Å². The predicted octanol–water partition coefficient (Wildman–Crippen LogP) is 2.20. The molecule has 1 aromatic carbocycles. The summed E-state index contributed by atoms with van der Waals surface area (Å²) >= 11 is 0.197. The van der Waals surface area contributed by atoms with Crippen molar-refractivity contribution in [1.82, 2.24) is 4.90 Å². The van der Waals surface area contributed by atoms with E-state index >= 15 is 0 Å². The third kappa shape index (κ3) is 3.77. The summed E-state index contributed by atoms with van der Waals surface area (Å²) in [6.45, 7) is 0. The highest BCUT2D eigenvalue weighted by molar-refractivity contribution is 8.13. The van der Waals surface area contributed by atoms with Crippen LogP contribution in [0.2, 0.25) is 0 Å². The first-order chi connectivity index (χ1) is 7.00. The van der Waals surface area contributed by atoms with Crippen LogP contribution in [0, 0.1) is 0 Å². The van der Waals surface area contributed by atoms with E-state index < -0.39 is 11.2 Å². The number of rotatable bonds is 2. The van der Waals surface area contributed by atoms with E-state index in [1.165, 1.54) is 4.90 Å². The fourth-order valence-electron chi connectivity index (χ4n) is 0.891. The van der Waals surface area contributed by atoms with Crippen LogP contribution < -0.4 is 0 Å². The molecule has 5 heteroatoms. The Labute approximate surface area is 97.0 Å². The molecule has 0 aromatic heterocycles. The smallest absolute Gasteiger partial charge is 0.285 e. The van der Waals surface area contributed by atoms with Crippen molar-refractivity contribution in [3.05, 3.63) is 24.3 Å². The van der Waals surface area contributed by atoms with Crippen molar-refractivity contribution in [2.24, 2.45) is 0 Å². The first-order valence-electron chi connectivity index (χ1n) is 4.33. The lowest BCUT2D eigenvalue weighted by atomic mass is 10.4. The summed E-state index contributed by atoms with van der Waals surface area (Å²) < 4.78 is 11.1. The standard InChI is InChI=1S/C10H13NO2S2/c1-11(2)10(12)14-8-4-6-9(7-5-8)15(3)13/h4-7H,1-3H3. The van der Waals surface area contributed by atoms with Gasteiger partial charge in [-0.3, -0.25) is 4.79 Å². The van der Waals surface area contributed by atoms with Gasteiger partial charge in [0.2, 0.25) is 0 Å². The molecule has 1 unspecified atom stereocenters. The summed E-state index contributed by atoms with van der Waals surface area (Å²) in [6.07, 6.45) is 1.63. The van der Waals surface area contributed by atoms with Gasteiger partial charge < -0.3 is 9.45 Å². The number of thioether (sulfide) groups is 1. The van der Waals surface area contributed by atoms with Gasteiger partial charge in [0, 0.05) is 19.0 Å². The summed E-state index contributed by atoms with van der Waals surface area (Å²) in [5.41, 5.74) is 0. The second-order valence-electron chi connectivity index (χ2n) is 3.19. The van der Waals surface area contributed by atoms with Crippen molar-refractivity contribution in [1.29, 1.82) is 0 Å². The van der Waals surface area contributed by atoms with E-state index in [-0.39, 0.29) is 5.24 Å². The van der Waals surface area contributed by atoms with Gasteiger partial charge in [-0.15, -0.1) is 0 Å². The molecule has 0 spiro atoms. The van der Waals surface area contributed by atoms with Crippen molar-refractivity contribution in [2.75, 3.05) is 20.4 Å². The largest absolute Gasteiger partial charge is 0.612 e. The van der Waals surface area contributed by atoms with Gasteiger partial charge in [-0.25, -0.2) is 0 Å². The van der Waals surface area contributed by atoms with Gasteiger partial charge in [0.1, 0.15) is 6.26 Å². The molecule has 0 saturated heterocycles. The normalized spacial score (nSPS) is 12.3. The minimum atomic E-state index is -0.963. The molecule has 0 aliphatic heterocycles. The lowest BCUT2D eigenvalue weighted by molar-refractivity contribution is 0.241. The van der Waals surface area contributed by atoms with Crippen LogP contribution >= 0.6 is 11.8 Å². The van der Waals surface area contributed by atoms with E-state index in [0.717, 1.165) is 21.6 Å². The van der Waals surface area contributed by atoms with Crippen LogP contribution in [-0.4, -0.2) is 35.0 Å². The Bertz CT molecular complexity index is 336. The molecule has 0 saturated carbocycles. The quantitative estimate of drug-likeness (QED) is 0.591. The highest BCUT2D eigenvalue weighted by Crippen LogP contribution is 2.22. The Morgan fingerprint density at radius 3 is 2.27 bits per heavy atom. The van der Waals surface area contributed by atoms with Crippen LogP contribution in [0.15, 0.2) is 34.1 Å². The molecule has 1 rings (SSSR count). The zero-order valence-corrected chi connectivity index (χ0v) is 10.5. The molecular formula is C10H13NO2S2. The van der Waals surface area contributed by atoms with Crippen LogP contribution in [0.25, 0.3) is 0 Å². The molecule has 1 amide bonds. The highest BCUT2D eigenvalue weighted by Gasteiger charge is 2.08. The Balaban J connectivity index is 2.69. The molecule has 1 aromatic rings. The average molecular weight is 243 g/mol. The van der Waals surface area contributed by atoms with Crippen molar-refractivity contribution in [3.63, 3.8) is 0 Å². The van der Waals surface area contributed by atoms with Crippen molar-refractivity contribution in [2.45, 2.75) is 9.79 Å². The van der Waals surface area contributed by atoms with Gasteiger partial charge >= 0.3 is 0 Å². The minimum Gasteiger partial charge on any atom is -0.612 e. The number of amides is 1. The zero-order chi connectivity index (χ0) is 11.4. The molecular weight excluding hydrogens is 230 g/mol. The highest BCUT2D eigenvalue weighted by atomic mass is 32.2. The number of carbonyl (C=O) groups is 1. The van der Waals surface area contributed by atoms with E-state index in [1.54, 1.807) is 32.5 Å². The third-order valence-corrected chi connectivity index (χ3v) is 3.71. The molecule has 82 valence electrons. The number of hydrogen-bond donors (Lipinski definition) is 0. The summed E-state index contributed by atoms with van der Waals surface area (Å²) in [5, 5.41) is -0.0135. The number of nitrogens with zero attached hydrogens (tertiary/aromatic N) is 1. The minimum absolute atomic E-state index is 0.0135. The maximum Gasteiger partial charge on any atom is 0.285 e. The molecule has 0 aliphatic carbocycles.